The highest BCUT2D eigenvalue weighted by Gasteiger charge is 2.01. The lowest BCUT2D eigenvalue weighted by Crippen LogP contribution is -1.89. The third-order valence-corrected chi connectivity index (χ3v) is 3.69. The van der Waals surface area contributed by atoms with Crippen molar-refractivity contribution in [3.63, 3.8) is 0 Å². The van der Waals surface area contributed by atoms with Gasteiger partial charge < -0.3 is 4.98 Å². The second kappa shape index (κ2) is 11.3. The van der Waals surface area contributed by atoms with E-state index in [4.69, 9.17) is 0 Å². The first-order chi connectivity index (χ1) is 8.74. The molecule has 0 fully saturated rings. The lowest BCUT2D eigenvalue weighted by Gasteiger charge is -2.01. The Balaban J connectivity index is 0.00000324. The second-order valence-corrected chi connectivity index (χ2v) is 5.47. The van der Waals surface area contributed by atoms with Gasteiger partial charge in [0.1, 0.15) is 5.82 Å². The standard InChI is InChI=1S/C16H30N2.ClH/c1-4-5-6-7-8-9-10-11-12-13-16-17-14(2)15(3)18-16;/h4-13H2,1-3H3,(H,17,18);1H. The fourth-order valence-corrected chi connectivity index (χ4v) is 2.34. The average molecular weight is 287 g/mol. The van der Waals surface area contributed by atoms with Gasteiger partial charge in [0.2, 0.25) is 0 Å². The summed E-state index contributed by atoms with van der Waals surface area (Å²) in [6.45, 7) is 6.45. The molecule has 0 aromatic carbocycles. The summed E-state index contributed by atoms with van der Waals surface area (Å²) < 4.78 is 0. The molecule has 0 saturated heterocycles. The third kappa shape index (κ3) is 8.30. The number of aromatic amines is 1. The number of hydrogen-bond donors (Lipinski definition) is 1. The lowest BCUT2D eigenvalue weighted by molar-refractivity contribution is 0.562. The zero-order valence-electron chi connectivity index (χ0n) is 12.9. The van der Waals surface area contributed by atoms with Crippen LogP contribution in [0.25, 0.3) is 0 Å². The maximum Gasteiger partial charge on any atom is 0.106 e. The summed E-state index contributed by atoms with van der Waals surface area (Å²) in [5.74, 6) is 1.17. The van der Waals surface area contributed by atoms with E-state index in [1.165, 1.54) is 69.3 Å². The summed E-state index contributed by atoms with van der Waals surface area (Å²) in [5.41, 5.74) is 2.38. The van der Waals surface area contributed by atoms with Crippen LogP contribution in [0.15, 0.2) is 0 Å². The van der Waals surface area contributed by atoms with E-state index in [9.17, 15) is 0 Å². The topological polar surface area (TPSA) is 28.7 Å². The number of rotatable bonds is 10. The van der Waals surface area contributed by atoms with Gasteiger partial charge in [0.05, 0.1) is 5.69 Å². The molecule has 0 aliphatic carbocycles. The Morgan fingerprint density at radius 1 is 0.842 bits per heavy atom. The predicted octanol–water partition coefficient (Wildman–Crippen LogP) is 5.52. The van der Waals surface area contributed by atoms with Gasteiger partial charge >= 0.3 is 0 Å². The minimum absolute atomic E-state index is 0. The van der Waals surface area contributed by atoms with Gasteiger partial charge in [-0.1, -0.05) is 58.3 Å². The highest BCUT2D eigenvalue weighted by molar-refractivity contribution is 5.85. The van der Waals surface area contributed by atoms with E-state index in [0.29, 0.717) is 0 Å². The number of imidazole rings is 1. The van der Waals surface area contributed by atoms with Gasteiger partial charge in [-0.3, -0.25) is 0 Å². The van der Waals surface area contributed by atoms with E-state index in [0.717, 1.165) is 12.1 Å². The Morgan fingerprint density at radius 2 is 1.37 bits per heavy atom. The smallest absolute Gasteiger partial charge is 0.106 e. The van der Waals surface area contributed by atoms with Crippen LogP contribution in [0, 0.1) is 13.8 Å². The summed E-state index contributed by atoms with van der Waals surface area (Å²) >= 11 is 0. The fourth-order valence-electron chi connectivity index (χ4n) is 2.34. The van der Waals surface area contributed by atoms with Crippen molar-refractivity contribution in [2.45, 2.75) is 85.0 Å². The molecule has 0 amide bonds. The SMILES string of the molecule is CCCCCCCCCCCc1nc(C)c(C)[nH]1.Cl. The van der Waals surface area contributed by atoms with E-state index >= 15 is 0 Å². The Bertz CT molecular complexity index is 301. The van der Waals surface area contributed by atoms with Crippen molar-refractivity contribution in [2.75, 3.05) is 0 Å². The minimum Gasteiger partial charge on any atom is -0.346 e. The molecule has 2 nitrogen and oxygen atoms in total. The van der Waals surface area contributed by atoms with Crippen LogP contribution in [0.3, 0.4) is 0 Å². The number of aryl methyl sites for hydroxylation is 3. The summed E-state index contributed by atoms with van der Waals surface area (Å²) in [5, 5.41) is 0. The quantitative estimate of drug-likeness (QED) is 0.564. The molecule has 112 valence electrons. The monoisotopic (exact) mass is 286 g/mol. The molecule has 1 heterocycles. The van der Waals surface area contributed by atoms with Crippen LogP contribution in [-0.4, -0.2) is 9.97 Å². The van der Waals surface area contributed by atoms with Crippen molar-refractivity contribution in [1.82, 2.24) is 9.97 Å². The molecule has 0 saturated carbocycles. The Labute approximate surface area is 125 Å². The van der Waals surface area contributed by atoms with Crippen molar-refractivity contribution in [3.8, 4) is 0 Å². The van der Waals surface area contributed by atoms with Crippen LogP contribution in [0.1, 0.15) is 81.9 Å². The van der Waals surface area contributed by atoms with Crippen molar-refractivity contribution in [2.24, 2.45) is 0 Å². The molecule has 1 aromatic rings. The van der Waals surface area contributed by atoms with Crippen molar-refractivity contribution < 1.29 is 0 Å². The molecule has 3 heteroatoms. The third-order valence-electron chi connectivity index (χ3n) is 3.69. The van der Waals surface area contributed by atoms with Gasteiger partial charge in [-0.25, -0.2) is 4.98 Å². The summed E-state index contributed by atoms with van der Waals surface area (Å²) in [7, 11) is 0. The van der Waals surface area contributed by atoms with Crippen LogP contribution in [0.2, 0.25) is 0 Å². The van der Waals surface area contributed by atoms with Crippen molar-refractivity contribution in [3.05, 3.63) is 17.2 Å². The molecule has 0 aliphatic rings. The molecule has 1 rings (SSSR count). The van der Waals surface area contributed by atoms with Crippen LogP contribution < -0.4 is 0 Å². The molecule has 0 unspecified atom stereocenters. The molecule has 0 radical (unpaired) electrons. The molecule has 0 bridgehead atoms. The predicted molar refractivity (Wildman–Crippen MR) is 86.2 cm³/mol. The molecular formula is C16H31ClN2. The van der Waals surface area contributed by atoms with Gasteiger partial charge in [-0.05, 0) is 20.3 Å². The number of unbranched alkanes of at least 4 members (excludes halogenated alkanes) is 8. The van der Waals surface area contributed by atoms with Gasteiger partial charge in [0.15, 0.2) is 0 Å². The number of aromatic nitrogens is 2. The van der Waals surface area contributed by atoms with E-state index in [-0.39, 0.29) is 12.4 Å². The Morgan fingerprint density at radius 3 is 1.84 bits per heavy atom. The molecule has 0 atom stereocenters. The molecule has 1 aromatic heterocycles. The first-order valence-electron chi connectivity index (χ1n) is 7.76. The first-order valence-corrected chi connectivity index (χ1v) is 7.76. The van der Waals surface area contributed by atoms with E-state index < -0.39 is 0 Å². The second-order valence-electron chi connectivity index (χ2n) is 5.47. The molecule has 0 aliphatic heterocycles. The number of hydrogen-bond acceptors (Lipinski definition) is 1. The van der Waals surface area contributed by atoms with Crippen molar-refractivity contribution >= 4 is 12.4 Å². The highest BCUT2D eigenvalue weighted by atomic mass is 35.5. The normalized spacial score (nSPS) is 10.5. The zero-order valence-corrected chi connectivity index (χ0v) is 13.7. The first kappa shape index (κ1) is 18.5. The molecule has 19 heavy (non-hydrogen) atoms. The average Bonchev–Trinajstić information content (AvgIpc) is 2.67. The van der Waals surface area contributed by atoms with Crippen molar-refractivity contribution in [1.29, 1.82) is 0 Å². The number of H-pyrrole nitrogens is 1. The molecule has 0 spiro atoms. The highest BCUT2D eigenvalue weighted by Crippen LogP contribution is 2.11. The van der Waals surface area contributed by atoms with Crippen LogP contribution >= 0.6 is 12.4 Å². The van der Waals surface area contributed by atoms with Gasteiger partial charge in [-0.2, -0.15) is 0 Å². The van der Waals surface area contributed by atoms with Gasteiger partial charge in [-0.15, -0.1) is 12.4 Å². The Kier molecular flexibility index (Phi) is 11.0. The Hall–Kier alpha value is -0.500. The van der Waals surface area contributed by atoms with Gasteiger partial charge in [0.25, 0.3) is 0 Å². The number of nitrogens with zero attached hydrogens (tertiary/aromatic N) is 1. The largest absolute Gasteiger partial charge is 0.346 e. The number of halogens is 1. The fraction of sp³-hybridized carbons (Fsp3) is 0.812. The zero-order chi connectivity index (χ0) is 13.2. The minimum atomic E-state index is 0. The van der Waals surface area contributed by atoms with E-state index in [1.807, 2.05) is 0 Å². The van der Waals surface area contributed by atoms with Crippen LogP contribution in [-0.2, 0) is 6.42 Å². The van der Waals surface area contributed by atoms with E-state index in [1.54, 1.807) is 0 Å². The maximum atomic E-state index is 4.52. The van der Waals surface area contributed by atoms with Gasteiger partial charge in [0, 0.05) is 12.1 Å². The maximum absolute atomic E-state index is 4.52. The lowest BCUT2D eigenvalue weighted by atomic mass is 10.1. The molecule has 1 N–H and O–H groups in total. The van der Waals surface area contributed by atoms with E-state index in [2.05, 4.69) is 30.7 Å². The summed E-state index contributed by atoms with van der Waals surface area (Å²) in [6, 6.07) is 0. The van der Waals surface area contributed by atoms with Crippen LogP contribution in [0.5, 0.6) is 0 Å². The summed E-state index contributed by atoms with van der Waals surface area (Å²) in [6.07, 6.45) is 13.6. The molecular weight excluding hydrogens is 256 g/mol. The van der Waals surface area contributed by atoms with Crippen LogP contribution in [0.4, 0.5) is 0 Å². The number of nitrogens with one attached hydrogen (secondary N) is 1. The summed E-state index contributed by atoms with van der Waals surface area (Å²) in [4.78, 5) is 7.88.